The molecule has 1 aliphatic carbocycles. The van der Waals surface area contributed by atoms with Gasteiger partial charge in [0.2, 0.25) is 5.91 Å². The Morgan fingerprint density at radius 2 is 1.76 bits per heavy atom. The zero-order chi connectivity index (χ0) is 19.8. The van der Waals surface area contributed by atoms with E-state index in [1.165, 1.54) is 0 Å². The van der Waals surface area contributed by atoms with Crippen LogP contribution in [0, 0.1) is 5.92 Å². The fourth-order valence-electron chi connectivity index (χ4n) is 4.27. The molecule has 2 heterocycles. The average Bonchev–Trinajstić information content (AvgIpc) is 3.24. The van der Waals surface area contributed by atoms with Gasteiger partial charge in [0.25, 0.3) is 0 Å². The molecule has 2 aromatic rings. The lowest BCUT2D eigenvalue weighted by atomic mass is 9.84. The molecule has 7 heteroatoms. The standard InChI is InChI=1S/C22H24N2O5/c25-21(14-7-3-8-14)23-17-11-27-20-18(12-28-19(17)20)29-22(26)24-16-10-4-6-13-5-1-2-9-15(13)16/h1-2,4-6,9-10,14,17-20H,3,7-8,11-12H2,(H,23,25)(H,24,26)/t17-,18-,19-,20+/m0/s1. The molecule has 7 nitrogen and oxygen atoms in total. The molecule has 0 spiro atoms. The minimum atomic E-state index is -0.541. The summed E-state index contributed by atoms with van der Waals surface area (Å²) in [4.78, 5) is 24.7. The van der Waals surface area contributed by atoms with Crippen molar-refractivity contribution in [3.63, 3.8) is 0 Å². The summed E-state index contributed by atoms with van der Waals surface area (Å²) in [5, 5.41) is 7.85. The Hall–Kier alpha value is -2.64. The van der Waals surface area contributed by atoms with E-state index in [-0.39, 0.29) is 36.7 Å². The first-order valence-electron chi connectivity index (χ1n) is 10.2. The van der Waals surface area contributed by atoms with E-state index in [0.717, 1.165) is 30.0 Å². The second kappa shape index (κ2) is 7.65. The van der Waals surface area contributed by atoms with Gasteiger partial charge in [-0.25, -0.2) is 4.79 Å². The third-order valence-corrected chi connectivity index (χ3v) is 6.10. The van der Waals surface area contributed by atoms with E-state index in [4.69, 9.17) is 14.2 Å². The monoisotopic (exact) mass is 396 g/mol. The summed E-state index contributed by atoms with van der Waals surface area (Å²) in [7, 11) is 0. The Kier molecular flexibility index (Phi) is 4.85. The van der Waals surface area contributed by atoms with Crippen molar-refractivity contribution in [3.05, 3.63) is 42.5 Å². The molecule has 152 valence electrons. The van der Waals surface area contributed by atoms with Crippen molar-refractivity contribution in [1.29, 1.82) is 0 Å². The number of anilines is 1. The maximum atomic E-state index is 12.5. The minimum absolute atomic E-state index is 0.0761. The second-order valence-corrected chi connectivity index (χ2v) is 7.93. The molecular formula is C22H24N2O5. The highest BCUT2D eigenvalue weighted by Crippen LogP contribution is 2.31. The van der Waals surface area contributed by atoms with Crippen molar-refractivity contribution in [2.75, 3.05) is 18.5 Å². The lowest BCUT2D eigenvalue weighted by molar-refractivity contribution is -0.128. The summed E-state index contributed by atoms with van der Waals surface area (Å²) in [6.45, 7) is 0.632. The van der Waals surface area contributed by atoms with Crippen LogP contribution in [0.5, 0.6) is 0 Å². The number of ether oxygens (including phenoxy) is 3. The van der Waals surface area contributed by atoms with Crippen LogP contribution in [0.4, 0.5) is 10.5 Å². The number of hydrogen-bond acceptors (Lipinski definition) is 5. The third kappa shape index (κ3) is 3.56. The highest BCUT2D eigenvalue weighted by atomic mass is 16.6. The summed E-state index contributed by atoms with van der Waals surface area (Å²) in [5.74, 6) is 0.196. The Bertz CT molecular complexity index is 923. The zero-order valence-electron chi connectivity index (χ0n) is 16.0. The normalized spacial score (nSPS) is 28.6. The molecule has 3 fully saturated rings. The van der Waals surface area contributed by atoms with Crippen LogP contribution in [0.1, 0.15) is 19.3 Å². The predicted octanol–water partition coefficient (Wildman–Crippen LogP) is 2.84. The molecule has 0 bridgehead atoms. The van der Waals surface area contributed by atoms with E-state index >= 15 is 0 Å². The van der Waals surface area contributed by atoms with Gasteiger partial charge in [0.05, 0.1) is 24.9 Å². The number of carbonyl (C=O) groups is 2. The average molecular weight is 396 g/mol. The SMILES string of the molecule is O=C(Nc1cccc2ccccc12)O[C@H]1CO[C@@H]2[C@@H]1OC[C@@H]2NC(=O)C1CCC1. The number of rotatable bonds is 4. The van der Waals surface area contributed by atoms with Gasteiger partial charge >= 0.3 is 6.09 Å². The van der Waals surface area contributed by atoms with Crippen LogP contribution in [-0.4, -0.2) is 49.6 Å². The van der Waals surface area contributed by atoms with Crippen LogP contribution < -0.4 is 10.6 Å². The number of nitrogens with one attached hydrogen (secondary N) is 2. The van der Waals surface area contributed by atoms with Crippen LogP contribution in [0.15, 0.2) is 42.5 Å². The number of benzene rings is 2. The van der Waals surface area contributed by atoms with Gasteiger partial charge < -0.3 is 19.5 Å². The number of hydrogen-bond donors (Lipinski definition) is 2. The van der Waals surface area contributed by atoms with Crippen molar-refractivity contribution in [2.45, 2.75) is 43.6 Å². The van der Waals surface area contributed by atoms with Gasteiger partial charge in [-0.05, 0) is 24.3 Å². The molecule has 2 aliphatic heterocycles. The molecule has 2 aromatic carbocycles. The summed E-state index contributed by atoms with van der Waals surface area (Å²) in [6.07, 6.45) is 1.34. The highest BCUT2D eigenvalue weighted by Gasteiger charge is 2.50. The molecule has 3 aliphatic rings. The van der Waals surface area contributed by atoms with E-state index in [1.807, 2.05) is 42.5 Å². The molecule has 1 saturated carbocycles. The Morgan fingerprint density at radius 3 is 2.59 bits per heavy atom. The molecular weight excluding hydrogens is 372 g/mol. The number of fused-ring (bicyclic) bond motifs is 2. The first-order chi connectivity index (χ1) is 14.2. The third-order valence-electron chi connectivity index (χ3n) is 6.10. The first-order valence-corrected chi connectivity index (χ1v) is 10.2. The Morgan fingerprint density at radius 1 is 0.966 bits per heavy atom. The van der Waals surface area contributed by atoms with E-state index in [2.05, 4.69) is 10.6 Å². The van der Waals surface area contributed by atoms with E-state index in [9.17, 15) is 9.59 Å². The molecule has 2 saturated heterocycles. The summed E-state index contributed by atoms with van der Waals surface area (Å²) in [6, 6.07) is 13.4. The van der Waals surface area contributed by atoms with Gasteiger partial charge in [-0.1, -0.05) is 42.8 Å². The van der Waals surface area contributed by atoms with Crippen LogP contribution in [0.2, 0.25) is 0 Å². The molecule has 29 heavy (non-hydrogen) atoms. The van der Waals surface area contributed by atoms with E-state index in [1.54, 1.807) is 0 Å². The van der Waals surface area contributed by atoms with Crippen molar-refractivity contribution >= 4 is 28.5 Å². The van der Waals surface area contributed by atoms with Crippen LogP contribution in [0.25, 0.3) is 10.8 Å². The van der Waals surface area contributed by atoms with Crippen LogP contribution in [0.3, 0.4) is 0 Å². The summed E-state index contributed by atoms with van der Waals surface area (Å²) >= 11 is 0. The Labute approximate surface area is 168 Å². The van der Waals surface area contributed by atoms with Crippen LogP contribution in [-0.2, 0) is 19.0 Å². The van der Waals surface area contributed by atoms with Gasteiger partial charge in [-0.15, -0.1) is 0 Å². The second-order valence-electron chi connectivity index (χ2n) is 7.93. The largest absolute Gasteiger partial charge is 0.441 e. The Balaban J connectivity index is 1.19. The maximum Gasteiger partial charge on any atom is 0.412 e. The fourth-order valence-corrected chi connectivity index (χ4v) is 4.27. The molecule has 0 radical (unpaired) electrons. The zero-order valence-corrected chi connectivity index (χ0v) is 16.0. The fraction of sp³-hybridized carbons (Fsp3) is 0.455. The molecule has 0 aromatic heterocycles. The van der Waals surface area contributed by atoms with Gasteiger partial charge in [0, 0.05) is 11.3 Å². The quantitative estimate of drug-likeness (QED) is 0.830. The van der Waals surface area contributed by atoms with Gasteiger partial charge in [-0.3, -0.25) is 10.1 Å². The predicted molar refractivity (Wildman–Crippen MR) is 107 cm³/mol. The minimum Gasteiger partial charge on any atom is -0.441 e. The molecule has 4 atom stereocenters. The summed E-state index contributed by atoms with van der Waals surface area (Å²) in [5.41, 5.74) is 0.696. The number of carbonyl (C=O) groups excluding carboxylic acids is 2. The van der Waals surface area contributed by atoms with E-state index in [0.29, 0.717) is 12.3 Å². The van der Waals surface area contributed by atoms with Gasteiger partial charge in [0.15, 0.2) is 6.10 Å². The lowest BCUT2D eigenvalue weighted by Gasteiger charge is -2.27. The highest BCUT2D eigenvalue weighted by molar-refractivity contribution is 6.00. The molecule has 5 rings (SSSR count). The smallest absolute Gasteiger partial charge is 0.412 e. The first kappa shape index (κ1) is 18.4. The topological polar surface area (TPSA) is 85.9 Å². The van der Waals surface area contributed by atoms with Gasteiger partial charge in [0.1, 0.15) is 12.2 Å². The molecule has 0 unspecified atom stereocenters. The van der Waals surface area contributed by atoms with Crippen molar-refractivity contribution < 1.29 is 23.8 Å². The van der Waals surface area contributed by atoms with Crippen molar-refractivity contribution in [3.8, 4) is 0 Å². The maximum absolute atomic E-state index is 12.5. The lowest BCUT2D eigenvalue weighted by Crippen LogP contribution is -2.47. The molecule has 2 amide bonds. The summed E-state index contributed by atoms with van der Waals surface area (Å²) < 4.78 is 17.2. The molecule has 2 N–H and O–H groups in total. The number of amides is 2. The van der Waals surface area contributed by atoms with Crippen molar-refractivity contribution in [1.82, 2.24) is 5.32 Å². The van der Waals surface area contributed by atoms with Crippen LogP contribution >= 0.6 is 0 Å². The van der Waals surface area contributed by atoms with E-state index < -0.39 is 12.2 Å². The van der Waals surface area contributed by atoms with Gasteiger partial charge in [-0.2, -0.15) is 0 Å². The van der Waals surface area contributed by atoms with Crippen molar-refractivity contribution in [2.24, 2.45) is 5.92 Å².